The lowest BCUT2D eigenvalue weighted by molar-refractivity contribution is 0.481. The molecule has 0 aliphatic heterocycles. The minimum absolute atomic E-state index is 0.465. The highest BCUT2D eigenvalue weighted by Crippen LogP contribution is 2.28. The van der Waals surface area contributed by atoms with Crippen molar-refractivity contribution in [2.45, 2.75) is 6.42 Å². The van der Waals surface area contributed by atoms with Crippen molar-refractivity contribution >= 4 is 11.6 Å². The molecule has 0 spiro atoms. The van der Waals surface area contributed by atoms with Gasteiger partial charge in [-0.3, -0.25) is 0 Å². The minimum Gasteiger partial charge on any atom is -0.456 e. The van der Waals surface area contributed by atoms with Gasteiger partial charge in [0.05, 0.1) is 17.5 Å². The second kappa shape index (κ2) is 7.99. The molecule has 0 amide bonds. The molecule has 1 heterocycles. The van der Waals surface area contributed by atoms with Crippen LogP contribution >= 0.6 is 11.6 Å². The first-order valence-corrected chi connectivity index (χ1v) is 9.15. The fourth-order valence-electron chi connectivity index (χ4n) is 2.93. The number of nitriles is 1. The number of hydrogen-bond donors (Lipinski definition) is 1. The quantitative estimate of drug-likeness (QED) is 0.459. The summed E-state index contributed by atoms with van der Waals surface area (Å²) in [6.45, 7) is 0. The average Bonchev–Trinajstić information content (AvgIpc) is 3.18. The molecule has 4 rings (SSSR count). The standard InChI is InChI=1S/C23H16ClN3O/c24-19-7-4-8-20(13-19)28-22-10-9-16(11-18(22)14-25)12-23-26-15-21(27-23)17-5-2-1-3-6-17/h1-11,13,15H,12H2,(H,26,27). The maximum Gasteiger partial charge on any atom is 0.145 e. The number of imidazole rings is 1. The van der Waals surface area contributed by atoms with Crippen LogP contribution in [0, 0.1) is 11.3 Å². The van der Waals surface area contributed by atoms with Crippen LogP contribution in [0.5, 0.6) is 11.5 Å². The molecule has 1 N–H and O–H groups in total. The van der Waals surface area contributed by atoms with Crippen LogP contribution in [0.1, 0.15) is 17.0 Å². The molecule has 4 nitrogen and oxygen atoms in total. The number of ether oxygens (including phenoxy) is 1. The van der Waals surface area contributed by atoms with Crippen molar-refractivity contribution in [3.8, 4) is 28.8 Å². The van der Waals surface area contributed by atoms with Gasteiger partial charge in [-0.25, -0.2) is 4.98 Å². The predicted molar refractivity (Wildman–Crippen MR) is 110 cm³/mol. The highest BCUT2D eigenvalue weighted by atomic mass is 35.5. The van der Waals surface area contributed by atoms with E-state index in [-0.39, 0.29) is 0 Å². The van der Waals surface area contributed by atoms with E-state index in [1.165, 1.54) is 0 Å². The van der Waals surface area contributed by atoms with Gasteiger partial charge in [-0.1, -0.05) is 54.1 Å². The van der Waals surface area contributed by atoms with Gasteiger partial charge in [-0.15, -0.1) is 0 Å². The zero-order valence-electron chi connectivity index (χ0n) is 14.9. The van der Waals surface area contributed by atoms with Crippen LogP contribution < -0.4 is 4.74 Å². The summed E-state index contributed by atoms with van der Waals surface area (Å²) >= 11 is 5.99. The third-order valence-electron chi connectivity index (χ3n) is 4.27. The van der Waals surface area contributed by atoms with Gasteiger partial charge in [0, 0.05) is 11.4 Å². The van der Waals surface area contributed by atoms with E-state index in [2.05, 4.69) is 16.0 Å². The number of rotatable bonds is 5. The highest BCUT2D eigenvalue weighted by molar-refractivity contribution is 6.30. The van der Waals surface area contributed by atoms with E-state index in [1.54, 1.807) is 30.3 Å². The molecule has 0 atom stereocenters. The van der Waals surface area contributed by atoms with Gasteiger partial charge in [0.2, 0.25) is 0 Å². The molecule has 0 saturated heterocycles. The number of aromatic nitrogens is 2. The number of nitrogens with zero attached hydrogens (tertiary/aromatic N) is 2. The van der Waals surface area contributed by atoms with E-state index in [0.29, 0.717) is 28.5 Å². The van der Waals surface area contributed by atoms with Crippen LogP contribution in [0.25, 0.3) is 11.3 Å². The highest BCUT2D eigenvalue weighted by Gasteiger charge is 2.09. The summed E-state index contributed by atoms with van der Waals surface area (Å²) in [6, 6.07) is 24.9. The van der Waals surface area contributed by atoms with E-state index in [1.807, 2.05) is 48.7 Å². The van der Waals surface area contributed by atoms with E-state index in [9.17, 15) is 5.26 Å². The second-order valence-corrected chi connectivity index (χ2v) is 6.72. The maximum absolute atomic E-state index is 9.51. The van der Waals surface area contributed by atoms with Crippen molar-refractivity contribution in [2.75, 3.05) is 0 Å². The number of halogens is 1. The van der Waals surface area contributed by atoms with Gasteiger partial charge >= 0.3 is 0 Å². The van der Waals surface area contributed by atoms with E-state index in [0.717, 1.165) is 22.6 Å². The summed E-state index contributed by atoms with van der Waals surface area (Å²) in [7, 11) is 0. The summed E-state index contributed by atoms with van der Waals surface area (Å²) in [5.74, 6) is 1.93. The topological polar surface area (TPSA) is 61.7 Å². The molecule has 28 heavy (non-hydrogen) atoms. The molecule has 0 unspecified atom stereocenters. The summed E-state index contributed by atoms with van der Waals surface area (Å²) in [4.78, 5) is 7.80. The molecule has 0 aliphatic rings. The first-order valence-electron chi connectivity index (χ1n) is 8.77. The monoisotopic (exact) mass is 385 g/mol. The fourth-order valence-corrected chi connectivity index (χ4v) is 3.11. The van der Waals surface area contributed by atoms with Gasteiger partial charge in [0.25, 0.3) is 0 Å². The van der Waals surface area contributed by atoms with Crippen LogP contribution in [0.4, 0.5) is 0 Å². The summed E-state index contributed by atoms with van der Waals surface area (Å²) in [5, 5.41) is 10.1. The van der Waals surface area contributed by atoms with Crippen molar-refractivity contribution in [3.63, 3.8) is 0 Å². The average molecular weight is 386 g/mol. The Morgan fingerprint density at radius 3 is 2.64 bits per heavy atom. The van der Waals surface area contributed by atoms with Gasteiger partial charge in [-0.05, 0) is 41.5 Å². The van der Waals surface area contributed by atoms with Crippen LogP contribution in [-0.4, -0.2) is 9.97 Å². The first-order chi connectivity index (χ1) is 13.7. The fraction of sp³-hybridized carbons (Fsp3) is 0.0435. The van der Waals surface area contributed by atoms with Crippen LogP contribution in [-0.2, 0) is 6.42 Å². The first kappa shape index (κ1) is 17.8. The Morgan fingerprint density at radius 1 is 1.00 bits per heavy atom. The predicted octanol–water partition coefficient (Wildman–Crippen LogP) is 5.98. The van der Waals surface area contributed by atoms with E-state index >= 15 is 0 Å². The lowest BCUT2D eigenvalue weighted by Crippen LogP contribution is -1.94. The molecule has 5 heteroatoms. The van der Waals surface area contributed by atoms with Crippen molar-refractivity contribution in [3.05, 3.63) is 101 Å². The smallest absolute Gasteiger partial charge is 0.145 e. The minimum atomic E-state index is 0.465. The summed E-state index contributed by atoms with van der Waals surface area (Å²) in [6.07, 6.45) is 2.42. The SMILES string of the molecule is N#Cc1cc(Cc2ncc(-c3ccccc3)[nH]2)ccc1Oc1cccc(Cl)c1. The third-order valence-corrected chi connectivity index (χ3v) is 4.51. The van der Waals surface area contributed by atoms with Gasteiger partial charge < -0.3 is 9.72 Å². The van der Waals surface area contributed by atoms with Gasteiger partial charge in [0.1, 0.15) is 23.4 Å². The van der Waals surface area contributed by atoms with Crippen LogP contribution in [0.3, 0.4) is 0 Å². The molecule has 0 aliphatic carbocycles. The number of aromatic amines is 1. The Hall–Kier alpha value is -3.55. The number of H-pyrrole nitrogens is 1. The zero-order chi connectivity index (χ0) is 19.3. The lowest BCUT2D eigenvalue weighted by atomic mass is 10.1. The zero-order valence-corrected chi connectivity index (χ0v) is 15.6. The van der Waals surface area contributed by atoms with E-state index in [4.69, 9.17) is 16.3 Å². The summed E-state index contributed by atoms with van der Waals surface area (Å²) in [5.41, 5.74) is 3.50. The number of nitrogens with one attached hydrogen (secondary N) is 1. The van der Waals surface area contributed by atoms with Crippen molar-refractivity contribution < 1.29 is 4.74 Å². The molecular formula is C23H16ClN3O. The molecule has 4 aromatic rings. The molecular weight excluding hydrogens is 370 g/mol. The molecule has 0 saturated carbocycles. The molecule has 1 aromatic heterocycles. The van der Waals surface area contributed by atoms with Crippen molar-refractivity contribution in [1.82, 2.24) is 9.97 Å². The second-order valence-electron chi connectivity index (χ2n) is 6.29. The van der Waals surface area contributed by atoms with Crippen molar-refractivity contribution in [1.29, 1.82) is 5.26 Å². The molecule has 0 bridgehead atoms. The Bertz CT molecular complexity index is 1150. The van der Waals surface area contributed by atoms with E-state index < -0.39 is 0 Å². The van der Waals surface area contributed by atoms with Crippen LogP contribution in [0.15, 0.2) is 79.0 Å². The lowest BCUT2D eigenvalue weighted by Gasteiger charge is -2.09. The third kappa shape index (κ3) is 4.06. The molecule has 0 radical (unpaired) electrons. The van der Waals surface area contributed by atoms with Crippen LogP contribution in [0.2, 0.25) is 5.02 Å². The van der Waals surface area contributed by atoms with Crippen molar-refractivity contribution in [2.24, 2.45) is 0 Å². The molecule has 0 fully saturated rings. The molecule has 3 aromatic carbocycles. The van der Waals surface area contributed by atoms with Gasteiger partial charge in [-0.2, -0.15) is 5.26 Å². The number of hydrogen-bond acceptors (Lipinski definition) is 3. The Morgan fingerprint density at radius 2 is 1.86 bits per heavy atom. The largest absolute Gasteiger partial charge is 0.456 e. The Labute approximate surface area is 168 Å². The normalized spacial score (nSPS) is 10.4. The Kier molecular flexibility index (Phi) is 5.09. The maximum atomic E-state index is 9.51. The molecule has 136 valence electrons. The van der Waals surface area contributed by atoms with Gasteiger partial charge in [0.15, 0.2) is 0 Å². The Balaban J connectivity index is 1.53. The number of benzene rings is 3. The summed E-state index contributed by atoms with van der Waals surface area (Å²) < 4.78 is 5.82.